The zero-order valence-electron chi connectivity index (χ0n) is 15.3. The number of aliphatic hydroxyl groups excluding tert-OH is 2. The van der Waals surface area contributed by atoms with Gasteiger partial charge in [0.15, 0.2) is 0 Å². The maximum atomic E-state index is 9.47. The van der Waals surface area contributed by atoms with Crippen LogP contribution >= 0.6 is 0 Å². The summed E-state index contributed by atoms with van der Waals surface area (Å²) in [6, 6.07) is 18.4. The van der Waals surface area contributed by atoms with Crippen molar-refractivity contribution >= 4 is 0 Å². The lowest BCUT2D eigenvalue weighted by Crippen LogP contribution is -2.15. The van der Waals surface area contributed by atoms with Gasteiger partial charge in [0.25, 0.3) is 0 Å². The van der Waals surface area contributed by atoms with E-state index >= 15 is 0 Å². The molecule has 1 heterocycles. The van der Waals surface area contributed by atoms with Crippen molar-refractivity contribution in [2.75, 3.05) is 6.61 Å². The molecule has 3 N–H and O–H groups in total. The van der Waals surface area contributed by atoms with Crippen molar-refractivity contribution < 1.29 is 14.9 Å². The Labute approximate surface area is 159 Å². The Hall–Kier alpha value is -2.63. The summed E-state index contributed by atoms with van der Waals surface area (Å²) >= 11 is 0. The lowest BCUT2D eigenvalue weighted by molar-refractivity contribution is 0.0940. The lowest BCUT2D eigenvalue weighted by atomic mass is 10.1. The topological polar surface area (TPSA) is 78.4 Å². The molecule has 0 bridgehead atoms. The Morgan fingerprint density at radius 3 is 2.63 bits per heavy atom. The van der Waals surface area contributed by atoms with Gasteiger partial charge in [-0.15, -0.1) is 0 Å². The van der Waals surface area contributed by atoms with Crippen LogP contribution in [-0.2, 0) is 25.9 Å². The number of hydrogen-bond acceptors (Lipinski definition) is 4. The predicted molar refractivity (Wildman–Crippen MR) is 105 cm³/mol. The molecule has 142 valence electrons. The summed E-state index contributed by atoms with van der Waals surface area (Å²) in [4.78, 5) is 7.52. The molecule has 1 unspecified atom stereocenters. The number of H-pyrrole nitrogens is 1. The van der Waals surface area contributed by atoms with Gasteiger partial charge >= 0.3 is 0 Å². The SMILES string of the molecule is OCC(O)Cc1nc(CCCc2cccc(OCc3ccccc3)c2)c[nH]1. The number of aryl methyl sites for hydroxylation is 2. The molecule has 0 fully saturated rings. The van der Waals surface area contributed by atoms with Gasteiger partial charge in [0.1, 0.15) is 18.2 Å². The van der Waals surface area contributed by atoms with Crippen molar-refractivity contribution in [1.29, 1.82) is 0 Å². The first-order valence-corrected chi connectivity index (χ1v) is 9.30. The summed E-state index contributed by atoms with van der Waals surface area (Å²) < 4.78 is 5.89. The summed E-state index contributed by atoms with van der Waals surface area (Å²) in [6.07, 6.45) is 4.25. The van der Waals surface area contributed by atoms with Crippen LogP contribution in [0.1, 0.15) is 29.1 Å². The number of rotatable bonds is 10. The molecule has 1 aromatic heterocycles. The fraction of sp³-hybridized carbons (Fsp3) is 0.318. The van der Waals surface area contributed by atoms with Gasteiger partial charge < -0.3 is 19.9 Å². The van der Waals surface area contributed by atoms with Gasteiger partial charge in [0.05, 0.1) is 18.4 Å². The molecule has 1 atom stereocenters. The Bertz CT molecular complexity index is 817. The first-order chi connectivity index (χ1) is 13.2. The van der Waals surface area contributed by atoms with E-state index in [-0.39, 0.29) is 6.61 Å². The van der Waals surface area contributed by atoms with Crippen molar-refractivity contribution in [2.24, 2.45) is 0 Å². The average molecular weight is 366 g/mol. The molecule has 2 aromatic carbocycles. The average Bonchev–Trinajstić information content (AvgIpc) is 3.14. The van der Waals surface area contributed by atoms with Crippen molar-refractivity contribution in [3.63, 3.8) is 0 Å². The van der Waals surface area contributed by atoms with Crippen molar-refractivity contribution in [3.8, 4) is 5.75 Å². The second-order valence-electron chi connectivity index (χ2n) is 6.65. The van der Waals surface area contributed by atoms with Crippen molar-refractivity contribution in [3.05, 3.63) is 83.4 Å². The van der Waals surface area contributed by atoms with Crippen molar-refractivity contribution in [1.82, 2.24) is 9.97 Å². The van der Waals surface area contributed by atoms with E-state index in [0.717, 1.165) is 36.3 Å². The van der Waals surface area contributed by atoms with Gasteiger partial charge in [-0.05, 0) is 42.5 Å². The van der Waals surface area contributed by atoms with Crippen molar-refractivity contribution in [2.45, 2.75) is 38.4 Å². The van der Waals surface area contributed by atoms with Gasteiger partial charge in [-0.1, -0.05) is 42.5 Å². The van der Waals surface area contributed by atoms with Gasteiger partial charge in [-0.3, -0.25) is 0 Å². The Morgan fingerprint density at radius 2 is 1.81 bits per heavy atom. The molecule has 0 saturated carbocycles. The molecule has 27 heavy (non-hydrogen) atoms. The van der Waals surface area contributed by atoms with Gasteiger partial charge in [-0.25, -0.2) is 4.98 Å². The number of nitrogens with zero attached hydrogens (tertiary/aromatic N) is 1. The number of imidazole rings is 1. The van der Waals surface area contributed by atoms with E-state index in [2.05, 4.69) is 34.2 Å². The molecule has 0 radical (unpaired) electrons. The number of aromatic amines is 1. The predicted octanol–water partition coefficient (Wildman–Crippen LogP) is 3.06. The molecule has 3 aromatic rings. The van der Waals surface area contributed by atoms with E-state index in [4.69, 9.17) is 9.84 Å². The molecule has 0 aliphatic heterocycles. The smallest absolute Gasteiger partial charge is 0.120 e. The summed E-state index contributed by atoms with van der Waals surface area (Å²) in [5, 5.41) is 18.4. The molecule has 0 saturated heterocycles. The molecule has 0 spiro atoms. The Balaban J connectivity index is 1.46. The minimum Gasteiger partial charge on any atom is -0.489 e. The van der Waals surface area contributed by atoms with E-state index in [1.165, 1.54) is 5.56 Å². The third kappa shape index (κ3) is 6.24. The van der Waals surface area contributed by atoms with E-state index in [1.807, 2.05) is 36.5 Å². The Morgan fingerprint density at radius 1 is 1.00 bits per heavy atom. The second kappa shape index (κ2) is 9.90. The first kappa shape index (κ1) is 19.1. The molecule has 0 aliphatic carbocycles. The third-order valence-electron chi connectivity index (χ3n) is 4.37. The molecule has 0 amide bonds. The highest BCUT2D eigenvalue weighted by Crippen LogP contribution is 2.17. The van der Waals surface area contributed by atoms with Crippen LogP contribution in [0.25, 0.3) is 0 Å². The summed E-state index contributed by atoms with van der Waals surface area (Å²) in [5.74, 6) is 1.60. The quantitative estimate of drug-likeness (QED) is 0.515. The molecule has 3 rings (SSSR count). The summed E-state index contributed by atoms with van der Waals surface area (Å²) in [7, 11) is 0. The van der Waals surface area contributed by atoms with Crippen LogP contribution in [0.5, 0.6) is 5.75 Å². The zero-order chi connectivity index (χ0) is 18.9. The highest BCUT2D eigenvalue weighted by atomic mass is 16.5. The fourth-order valence-corrected chi connectivity index (χ4v) is 2.93. The van der Waals surface area contributed by atoms with Crippen LogP contribution in [0.15, 0.2) is 60.8 Å². The molecular formula is C22H26N2O3. The minimum absolute atomic E-state index is 0.251. The highest BCUT2D eigenvalue weighted by molar-refractivity contribution is 5.29. The minimum atomic E-state index is -0.761. The molecule has 5 heteroatoms. The number of ether oxygens (including phenoxy) is 1. The summed E-state index contributed by atoms with van der Waals surface area (Å²) in [6.45, 7) is 0.318. The lowest BCUT2D eigenvalue weighted by Gasteiger charge is -2.08. The zero-order valence-corrected chi connectivity index (χ0v) is 15.3. The maximum Gasteiger partial charge on any atom is 0.120 e. The normalized spacial score (nSPS) is 12.1. The molecular weight excluding hydrogens is 340 g/mol. The van der Waals surface area contributed by atoms with Crippen LogP contribution in [0, 0.1) is 0 Å². The van der Waals surface area contributed by atoms with E-state index in [9.17, 15) is 5.11 Å². The monoisotopic (exact) mass is 366 g/mol. The number of aromatic nitrogens is 2. The van der Waals surface area contributed by atoms with Crippen LogP contribution in [0.3, 0.4) is 0 Å². The van der Waals surface area contributed by atoms with Crippen LogP contribution in [0.2, 0.25) is 0 Å². The fourth-order valence-electron chi connectivity index (χ4n) is 2.93. The number of nitrogens with one attached hydrogen (secondary N) is 1. The van der Waals surface area contributed by atoms with E-state index in [0.29, 0.717) is 18.9 Å². The van der Waals surface area contributed by atoms with Gasteiger partial charge in [-0.2, -0.15) is 0 Å². The third-order valence-corrected chi connectivity index (χ3v) is 4.37. The molecule has 5 nitrogen and oxygen atoms in total. The van der Waals surface area contributed by atoms with Gasteiger partial charge in [0, 0.05) is 12.6 Å². The van der Waals surface area contributed by atoms with E-state index < -0.39 is 6.10 Å². The second-order valence-corrected chi connectivity index (χ2v) is 6.65. The van der Waals surface area contributed by atoms with E-state index in [1.54, 1.807) is 0 Å². The standard InChI is InChI=1S/C22H26N2O3/c25-15-20(26)13-22-23-14-19(24-22)10-4-8-17-9-5-11-21(12-17)27-16-18-6-2-1-3-7-18/h1-3,5-7,9,11-12,14,20,25-26H,4,8,10,13,15-16H2,(H,23,24). The van der Waals surface area contributed by atoms with Crippen LogP contribution in [-0.4, -0.2) is 32.9 Å². The maximum absolute atomic E-state index is 9.47. The molecule has 0 aliphatic rings. The van der Waals surface area contributed by atoms with Crippen LogP contribution < -0.4 is 4.74 Å². The van der Waals surface area contributed by atoms with Gasteiger partial charge in [0.2, 0.25) is 0 Å². The summed E-state index contributed by atoms with van der Waals surface area (Å²) in [5.41, 5.74) is 3.38. The van der Waals surface area contributed by atoms with Crippen LogP contribution in [0.4, 0.5) is 0 Å². The Kier molecular flexibility index (Phi) is 7.02. The first-order valence-electron chi connectivity index (χ1n) is 9.30. The highest BCUT2D eigenvalue weighted by Gasteiger charge is 2.08. The number of benzene rings is 2. The largest absolute Gasteiger partial charge is 0.489 e. The number of hydrogen-bond donors (Lipinski definition) is 3. The number of aliphatic hydroxyl groups is 2.